The topological polar surface area (TPSA) is 78.4 Å². The van der Waals surface area contributed by atoms with Gasteiger partial charge in [0.2, 0.25) is 5.96 Å². The van der Waals surface area contributed by atoms with Gasteiger partial charge in [0.1, 0.15) is 0 Å². The predicted molar refractivity (Wildman–Crippen MR) is 122 cm³/mol. The van der Waals surface area contributed by atoms with Gasteiger partial charge in [-0.2, -0.15) is 5.10 Å². The summed E-state index contributed by atoms with van der Waals surface area (Å²) >= 11 is 8.66. The number of halogens is 1. The Balaban J connectivity index is 2.13. The molecule has 6 nitrogen and oxygen atoms in total. The van der Waals surface area contributed by atoms with Crippen molar-refractivity contribution in [2.45, 2.75) is 6.42 Å². The van der Waals surface area contributed by atoms with Crippen LogP contribution in [0.15, 0.2) is 63.0 Å². The van der Waals surface area contributed by atoms with Crippen LogP contribution < -0.4 is 9.86 Å². The van der Waals surface area contributed by atoms with Crippen LogP contribution in [0.5, 0.6) is 0 Å². The Kier molecular flexibility index (Phi) is 9.47. The molecule has 2 rings (SSSR count). The molecule has 1 heterocycles. The first kappa shape index (κ1) is 21.6. The van der Waals surface area contributed by atoms with E-state index >= 15 is 0 Å². The number of allylic oxidation sites excluding steroid dienone is 3. The summed E-state index contributed by atoms with van der Waals surface area (Å²) in [5.41, 5.74) is 2.08. The van der Waals surface area contributed by atoms with Crippen LogP contribution in [0.4, 0.5) is 0 Å². The third kappa shape index (κ3) is 7.06. The third-order valence-electron chi connectivity index (χ3n) is 3.49. The Bertz CT molecular complexity index is 743. The summed E-state index contributed by atoms with van der Waals surface area (Å²) < 4.78 is 3.28. The molecule has 0 saturated carbocycles. The van der Waals surface area contributed by atoms with E-state index in [0.717, 1.165) is 34.9 Å². The van der Waals surface area contributed by atoms with Gasteiger partial charge >= 0.3 is 0 Å². The molecule has 0 saturated heterocycles. The molecule has 0 fully saturated rings. The van der Waals surface area contributed by atoms with Crippen molar-refractivity contribution >= 4 is 53.4 Å². The standard InChI is InChI=1S/C18H23ClN6S2/c1-3-4-16(13-21-2)27-24-18(22-10-12-26-20)25-11-9-17(23-25)14-5-7-15(19)8-6-14/h3-8,13H,1,9-12,20H2,2H3,(H,22,24)/b16-4+,21-13?. The summed E-state index contributed by atoms with van der Waals surface area (Å²) in [5, 5.41) is 12.8. The molecule has 0 radical (unpaired) electrons. The maximum atomic E-state index is 5.97. The number of aliphatic imine (C=N–C) groups is 2. The Morgan fingerprint density at radius 3 is 2.89 bits per heavy atom. The summed E-state index contributed by atoms with van der Waals surface area (Å²) in [7, 11) is 1.73. The van der Waals surface area contributed by atoms with Gasteiger partial charge in [0.15, 0.2) is 0 Å². The first-order valence-corrected chi connectivity index (χ1v) is 10.6. The minimum atomic E-state index is 0.606. The SMILES string of the molecule is C=C/C=C(\C=NC)SNC(=NCCSN)N1CCC(c2ccc(Cl)cc2)=N1. The number of nitrogens with one attached hydrogen (secondary N) is 1. The summed E-state index contributed by atoms with van der Waals surface area (Å²) in [4.78, 5) is 9.59. The number of benzene rings is 1. The van der Waals surface area contributed by atoms with Crippen LogP contribution in [0.3, 0.4) is 0 Å². The van der Waals surface area contributed by atoms with Crippen LogP contribution in [-0.2, 0) is 0 Å². The molecule has 0 atom stereocenters. The zero-order valence-corrected chi connectivity index (χ0v) is 17.5. The number of rotatable bonds is 8. The van der Waals surface area contributed by atoms with Gasteiger partial charge < -0.3 is 0 Å². The summed E-state index contributed by atoms with van der Waals surface area (Å²) in [6, 6.07) is 7.72. The molecule has 1 aromatic carbocycles. The van der Waals surface area contributed by atoms with E-state index in [-0.39, 0.29) is 0 Å². The molecule has 0 bridgehead atoms. The van der Waals surface area contributed by atoms with Crippen molar-refractivity contribution in [3.05, 3.63) is 58.5 Å². The minimum Gasteiger partial charge on any atom is -0.295 e. The van der Waals surface area contributed by atoms with Gasteiger partial charge in [-0.1, -0.05) is 48.3 Å². The fourth-order valence-corrected chi connectivity index (χ4v) is 3.30. The molecule has 0 spiro atoms. The fourth-order valence-electron chi connectivity index (χ4n) is 2.28. The molecule has 27 heavy (non-hydrogen) atoms. The predicted octanol–water partition coefficient (Wildman–Crippen LogP) is 3.72. The molecule has 0 aliphatic carbocycles. The maximum Gasteiger partial charge on any atom is 0.225 e. The fraction of sp³-hybridized carbons (Fsp3) is 0.278. The van der Waals surface area contributed by atoms with E-state index in [2.05, 4.69) is 21.3 Å². The van der Waals surface area contributed by atoms with Crippen LogP contribution >= 0.6 is 35.5 Å². The van der Waals surface area contributed by atoms with Crippen LogP contribution in [0.1, 0.15) is 12.0 Å². The quantitative estimate of drug-likeness (QED) is 0.219. The molecule has 1 aromatic rings. The van der Waals surface area contributed by atoms with E-state index in [9.17, 15) is 0 Å². The molecule has 3 N–H and O–H groups in total. The largest absolute Gasteiger partial charge is 0.295 e. The van der Waals surface area contributed by atoms with Crippen LogP contribution in [0, 0.1) is 0 Å². The Morgan fingerprint density at radius 2 is 2.22 bits per heavy atom. The van der Waals surface area contributed by atoms with Crippen molar-refractivity contribution in [3.8, 4) is 0 Å². The molecular formula is C18H23ClN6S2. The van der Waals surface area contributed by atoms with Gasteiger partial charge in [0.25, 0.3) is 0 Å². The molecule has 0 aromatic heterocycles. The van der Waals surface area contributed by atoms with Crippen LogP contribution in [-0.4, -0.2) is 48.8 Å². The van der Waals surface area contributed by atoms with Gasteiger partial charge in [-0.15, -0.1) is 0 Å². The molecular weight excluding hydrogens is 400 g/mol. The molecule has 9 heteroatoms. The third-order valence-corrected chi connectivity index (χ3v) is 4.93. The second-order valence-corrected chi connectivity index (χ2v) is 7.46. The van der Waals surface area contributed by atoms with E-state index < -0.39 is 0 Å². The van der Waals surface area contributed by atoms with Gasteiger partial charge in [-0.25, -0.2) is 10.0 Å². The van der Waals surface area contributed by atoms with Crippen molar-refractivity contribution in [3.63, 3.8) is 0 Å². The lowest BCUT2D eigenvalue weighted by Crippen LogP contribution is -2.33. The molecule has 0 amide bonds. The highest BCUT2D eigenvalue weighted by Crippen LogP contribution is 2.18. The molecule has 0 unspecified atom stereocenters. The zero-order valence-electron chi connectivity index (χ0n) is 15.1. The van der Waals surface area contributed by atoms with Gasteiger partial charge in [-0.3, -0.25) is 14.9 Å². The lowest BCUT2D eigenvalue weighted by molar-refractivity contribution is 0.479. The maximum absolute atomic E-state index is 5.97. The van der Waals surface area contributed by atoms with Crippen molar-refractivity contribution in [1.29, 1.82) is 0 Å². The number of hydrogen-bond donors (Lipinski definition) is 2. The zero-order chi connectivity index (χ0) is 19.5. The normalized spacial score (nSPS) is 15.4. The smallest absolute Gasteiger partial charge is 0.225 e. The Morgan fingerprint density at radius 1 is 1.44 bits per heavy atom. The average molecular weight is 423 g/mol. The van der Waals surface area contributed by atoms with Crippen LogP contribution in [0.25, 0.3) is 0 Å². The second kappa shape index (κ2) is 11.9. The first-order chi connectivity index (χ1) is 13.2. The summed E-state index contributed by atoms with van der Waals surface area (Å²) in [6.07, 6.45) is 6.20. The van der Waals surface area contributed by atoms with Gasteiger partial charge in [0, 0.05) is 35.4 Å². The summed E-state index contributed by atoms with van der Waals surface area (Å²) in [6.45, 7) is 5.09. The lowest BCUT2D eigenvalue weighted by atomic mass is 10.1. The van der Waals surface area contributed by atoms with E-state index in [4.69, 9.17) is 21.8 Å². The van der Waals surface area contributed by atoms with Crippen LogP contribution in [0.2, 0.25) is 5.02 Å². The second-order valence-electron chi connectivity index (χ2n) is 5.40. The van der Waals surface area contributed by atoms with E-state index in [1.807, 2.05) is 35.4 Å². The first-order valence-electron chi connectivity index (χ1n) is 8.32. The highest BCUT2D eigenvalue weighted by Gasteiger charge is 2.20. The molecule has 144 valence electrons. The van der Waals surface area contributed by atoms with Crippen molar-refractivity contribution in [2.24, 2.45) is 20.2 Å². The van der Waals surface area contributed by atoms with Crippen molar-refractivity contribution in [1.82, 2.24) is 9.73 Å². The Labute approximate surface area is 174 Å². The minimum absolute atomic E-state index is 0.606. The molecule has 1 aliphatic rings. The molecule has 1 aliphatic heterocycles. The average Bonchev–Trinajstić information content (AvgIpc) is 3.15. The van der Waals surface area contributed by atoms with E-state index in [1.165, 1.54) is 23.9 Å². The van der Waals surface area contributed by atoms with E-state index in [0.29, 0.717) is 17.5 Å². The van der Waals surface area contributed by atoms with Crippen molar-refractivity contribution < 1.29 is 0 Å². The monoisotopic (exact) mass is 422 g/mol. The van der Waals surface area contributed by atoms with E-state index in [1.54, 1.807) is 19.3 Å². The van der Waals surface area contributed by atoms with Crippen molar-refractivity contribution in [2.75, 3.05) is 25.9 Å². The number of hydrogen-bond acceptors (Lipinski definition) is 6. The number of nitrogens with two attached hydrogens (primary N) is 1. The number of nitrogens with zero attached hydrogens (tertiary/aromatic N) is 4. The Hall–Kier alpha value is -1.74. The highest BCUT2D eigenvalue weighted by atomic mass is 35.5. The highest BCUT2D eigenvalue weighted by molar-refractivity contribution is 8.02. The summed E-state index contributed by atoms with van der Waals surface area (Å²) in [5.74, 6) is 1.43. The lowest BCUT2D eigenvalue weighted by Gasteiger charge is -2.17. The number of hydrazone groups is 1. The van der Waals surface area contributed by atoms with Gasteiger partial charge in [-0.05, 0) is 35.7 Å². The number of guanidine groups is 1. The van der Waals surface area contributed by atoms with Gasteiger partial charge in [0.05, 0.1) is 18.8 Å².